The van der Waals surface area contributed by atoms with Crippen LogP contribution in [0, 0.1) is 0 Å². The average Bonchev–Trinajstić information content (AvgIpc) is 3.00. The molecule has 28 heavy (non-hydrogen) atoms. The fourth-order valence-corrected chi connectivity index (χ4v) is 4.14. The number of aromatic nitrogens is 2. The maximum atomic E-state index is 13.0. The van der Waals surface area contributed by atoms with E-state index >= 15 is 0 Å². The summed E-state index contributed by atoms with van der Waals surface area (Å²) < 4.78 is 6.99. The van der Waals surface area contributed by atoms with Gasteiger partial charge in [0.1, 0.15) is 11.9 Å². The number of ether oxygens (including phenoxy) is 1. The van der Waals surface area contributed by atoms with Crippen molar-refractivity contribution in [3.63, 3.8) is 0 Å². The number of aliphatic carboxylic acids is 1. The zero-order chi connectivity index (χ0) is 19.8. The Kier molecular flexibility index (Phi) is 4.89. The third-order valence-electron chi connectivity index (χ3n) is 5.71. The number of hydrogen-bond acceptors (Lipinski definition) is 5. The molecule has 2 atom stereocenters. The van der Waals surface area contributed by atoms with Gasteiger partial charge in [-0.3, -0.25) is 14.2 Å². The van der Waals surface area contributed by atoms with Gasteiger partial charge in [-0.1, -0.05) is 6.42 Å². The van der Waals surface area contributed by atoms with E-state index in [1.807, 2.05) is 0 Å². The minimum atomic E-state index is -1.05. The van der Waals surface area contributed by atoms with Crippen LogP contribution < -0.4 is 5.56 Å². The summed E-state index contributed by atoms with van der Waals surface area (Å²) >= 11 is 0. The number of carbonyl (C=O) groups excluding carboxylic acids is 1. The summed E-state index contributed by atoms with van der Waals surface area (Å²) in [7, 11) is 1.51. The molecule has 2 unspecified atom stereocenters. The zero-order valence-electron chi connectivity index (χ0n) is 15.8. The van der Waals surface area contributed by atoms with Gasteiger partial charge < -0.3 is 14.7 Å². The van der Waals surface area contributed by atoms with E-state index in [1.54, 1.807) is 22.8 Å². The normalized spacial score (nSPS) is 22.1. The van der Waals surface area contributed by atoms with Crippen molar-refractivity contribution in [1.29, 1.82) is 0 Å². The van der Waals surface area contributed by atoms with Crippen LogP contribution in [0.15, 0.2) is 23.0 Å². The number of nitrogens with zero attached hydrogens (tertiary/aromatic N) is 3. The van der Waals surface area contributed by atoms with E-state index in [4.69, 9.17) is 4.74 Å². The monoisotopic (exact) mass is 385 g/mol. The van der Waals surface area contributed by atoms with Crippen LogP contribution in [0.25, 0.3) is 10.9 Å². The highest BCUT2D eigenvalue weighted by Crippen LogP contribution is 2.24. The minimum absolute atomic E-state index is 0.0788. The highest BCUT2D eigenvalue weighted by atomic mass is 16.5. The number of rotatable bonds is 3. The molecular formula is C20H23N3O5. The SMILES string of the molecule is COC1CC(C(=O)O)N(C(=O)c2ccc3c(=O)n4c(nc3c2)CCCCC4)C1. The number of carboxylic acid groups (broad SMARTS) is 1. The number of hydrogen-bond donors (Lipinski definition) is 1. The van der Waals surface area contributed by atoms with E-state index in [2.05, 4.69) is 4.98 Å². The van der Waals surface area contributed by atoms with Gasteiger partial charge in [0.05, 0.1) is 17.0 Å². The molecule has 1 fully saturated rings. The molecule has 1 aromatic carbocycles. The molecule has 0 aliphatic carbocycles. The Balaban J connectivity index is 1.72. The van der Waals surface area contributed by atoms with Crippen LogP contribution in [0.3, 0.4) is 0 Å². The lowest BCUT2D eigenvalue weighted by Gasteiger charge is -2.21. The summed E-state index contributed by atoms with van der Waals surface area (Å²) in [4.78, 5) is 43.3. The van der Waals surface area contributed by atoms with Gasteiger partial charge in [0.25, 0.3) is 11.5 Å². The Morgan fingerprint density at radius 2 is 2.07 bits per heavy atom. The van der Waals surface area contributed by atoms with Crippen molar-refractivity contribution in [2.75, 3.05) is 13.7 Å². The van der Waals surface area contributed by atoms with Crippen molar-refractivity contribution in [1.82, 2.24) is 14.5 Å². The van der Waals surface area contributed by atoms with Gasteiger partial charge in [-0.05, 0) is 31.0 Å². The molecule has 4 rings (SSSR count). The van der Waals surface area contributed by atoms with Crippen molar-refractivity contribution in [2.45, 2.75) is 50.8 Å². The second-order valence-electron chi connectivity index (χ2n) is 7.43. The van der Waals surface area contributed by atoms with E-state index < -0.39 is 12.0 Å². The molecule has 2 aliphatic rings. The van der Waals surface area contributed by atoms with Crippen LogP contribution in [0.2, 0.25) is 0 Å². The van der Waals surface area contributed by atoms with Gasteiger partial charge in [-0.2, -0.15) is 0 Å². The van der Waals surface area contributed by atoms with Crippen molar-refractivity contribution < 1.29 is 19.4 Å². The number of likely N-dealkylation sites (tertiary alicyclic amines) is 1. The third-order valence-corrected chi connectivity index (χ3v) is 5.71. The molecule has 1 N–H and O–H groups in total. The molecule has 148 valence electrons. The molecule has 8 heteroatoms. The standard InChI is InChI=1S/C20H23N3O5/c1-28-13-10-16(20(26)27)23(11-13)18(24)12-6-7-14-15(9-12)21-17-5-3-2-4-8-22(17)19(14)25/h6-7,9,13,16H,2-5,8,10-11H2,1H3,(H,26,27). The molecule has 0 radical (unpaired) electrons. The van der Waals surface area contributed by atoms with Crippen LogP contribution in [0.1, 0.15) is 41.9 Å². The molecule has 2 aliphatic heterocycles. The lowest BCUT2D eigenvalue weighted by atomic mass is 10.1. The Hall–Kier alpha value is -2.74. The molecule has 2 aromatic rings. The Morgan fingerprint density at radius 3 is 2.82 bits per heavy atom. The highest BCUT2D eigenvalue weighted by Gasteiger charge is 2.40. The summed E-state index contributed by atoms with van der Waals surface area (Å²) in [6.07, 6.45) is 3.72. The number of aryl methyl sites for hydroxylation is 1. The van der Waals surface area contributed by atoms with Crippen molar-refractivity contribution in [2.24, 2.45) is 0 Å². The van der Waals surface area contributed by atoms with Gasteiger partial charge in [-0.15, -0.1) is 0 Å². The topological polar surface area (TPSA) is 102 Å². The average molecular weight is 385 g/mol. The van der Waals surface area contributed by atoms with Crippen molar-refractivity contribution in [3.05, 3.63) is 39.9 Å². The first kappa shape index (κ1) is 18.6. The highest BCUT2D eigenvalue weighted by molar-refractivity contribution is 5.99. The van der Waals surface area contributed by atoms with E-state index in [0.717, 1.165) is 31.5 Å². The van der Waals surface area contributed by atoms with Gasteiger partial charge >= 0.3 is 5.97 Å². The van der Waals surface area contributed by atoms with Crippen LogP contribution >= 0.6 is 0 Å². The quantitative estimate of drug-likeness (QED) is 0.858. The lowest BCUT2D eigenvalue weighted by Crippen LogP contribution is -2.40. The fraction of sp³-hybridized carbons (Fsp3) is 0.500. The summed E-state index contributed by atoms with van der Waals surface area (Å²) in [6, 6.07) is 3.88. The maximum absolute atomic E-state index is 13.0. The largest absolute Gasteiger partial charge is 0.480 e. The molecule has 8 nitrogen and oxygen atoms in total. The number of carbonyl (C=O) groups is 2. The molecule has 1 saturated heterocycles. The second-order valence-corrected chi connectivity index (χ2v) is 7.43. The summed E-state index contributed by atoms with van der Waals surface area (Å²) in [5.74, 6) is -0.676. The molecule has 1 aromatic heterocycles. The Labute approximate surface area is 161 Å². The van der Waals surface area contributed by atoms with Crippen molar-refractivity contribution in [3.8, 4) is 0 Å². The van der Waals surface area contributed by atoms with Crippen LogP contribution in [0.5, 0.6) is 0 Å². The van der Waals surface area contributed by atoms with Gasteiger partial charge in [0, 0.05) is 38.6 Å². The zero-order valence-corrected chi connectivity index (χ0v) is 15.8. The minimum Gasteiger partial charge on any atom is -0.480 e. The number of fused-ring (bicyclic) bond motifs is 2. The molecule has 3 heterocycles. The van der Waals surface area contributed by atoms with E-state index in [1.165, 1.54) is 12.0 Å². The first-order valence-corrected chi connectivity index (χ1v) is 9.59. The second kappa shape index (κ2) is 7.35. The first-order chi connectivity index (χ1) is 13.5. The number of methoxy groups -OCH3 is 1. The number of amides is 1. The predicted molar refractivity (Wildman–Crippen MR) is 101 cm³/mol. The van der Waals surface area contributed by atoms with Crippen LogP contribution in [-0.4, -0.2) is 57.2 Å². The van der Waals surface area contributed by atoms with E-state index in [0.29, 0.717) is 23.0 Å². The van der Waals surface area contributed by atoms with Gasteiger partial charge in [-0.25, -0.2) is 9.78 Å². The molecule has 0 bridgehead atoms. The Morgan fingerprint density at radius 1 is 1.25 bits per heavy atom. The summed E-state index contributed by atoms with van der Waals surface area (Å²) in [5, 5.41) is 9.93. The van der Waals surface area contributed by atoms with Crippen LogP contribution in [-0.2, 0) is 22.5 Å². The fourth-order valence-electron chi connectivity index (χ4n) is 4.14. The van der Waals surface area contributed by atoms with Gasteiger partial charge in [0.15, 0.2) is 0 Å². The maximum Gasteiger partial charge on any atom is 0.326 e. The third kappa shape index (κ3) is 3.17. The smallest absolute Gasteiger partial charge is 0.326 e. The molecule has 1 amide bonds. The molecule has 0 spiro atoms. The first-order valence-electron chi connectivity index (χ1n) is 9.59. The number of carboxylic acids is 1. The van der Waals surface area contributed by atoms with E-state index in [9.17, 15) is 19.5 Å². The lowest BCUT2D eigenvalue weighted by molar-refractivity contribution is -0.141. The molecular weight excluding hydrogens is 362 g/mol. The summed E-state index contributed by atoms with van der Waals surface area (Å²) in [5.41, 5.74) is 0.740. The van der Waals surface area contributed by atoms with Crippen LogP contribution in [0.4, 0.5) is 0 Å². The van der Waals surface area contributed by atoms with Crippen molar-refractivity contribution >= 4 is 22.8 Å². The Bertz CT molecular complexity index is 999. The molecule has 0 saturated carbocycles. The van der Waals surface area contributed by atoms with Gasteiger partial charge in [0.2, 0.25) is 0 Å². The predicted octanol–water partition coefficient (Wildman–Crippen LogP) is 1.44. The summed E-state index contributed by atoms with van der Waals surface area (Å²) in [6.45, 7) is 0.898. The van der Waals surface area contributed by atoms with E-state index in [-0.39, 0.29) is 30.5 Å². The number of benzene rings is 1.